The van der Waals surface area contributed by atoms with Crippen molar-refractivity contribution in [3.63, 3.8) is 0 Å². The summed E-state index contributed by atoms with van der Waals surface area (Å²) in [5.74, 6) is 2.88. The van der Waals surface area contributed by atoms with E-state index in [2.05, 4.69) is 25.6 Å². The maximum atomic E-state index is 15.3. The van der Waals surface area contributed by atoms with Crippen LogP contribution in [0.5, 0.6) is 0 Å². The standard InChI is InChI=1S/C33H49FO3/c1-3-4-5-6-24-7-9-25(10-8-24)26-11-13-28(14-12-26)31-20-17-29(21-32(31)34)27-15-18-30(19-16-27)37-33(36)23(2)22-35/h17,20-21,24-28,30,35H,2-16,18-19,22H2,1H3. The lowest BCUT2D eigenvalue weighted by Crippen LogP contribution is -2.26. The molecule has 3 aliphatic carbocycles. The van der Waals surface area contributed by atoms with Crippen LogP contribution < -0.4 is 0 Å². The van der Waals surface area contributed by atoms with Crippen LogP contribution in [0.15, 0.2) is 30.4 Å². The number of aliphatic hydroxyl groups excluding tert-OH is 1. The monoisotopic (exact) mass is 512 g/mol. The quantitative estimate of drug-likeness (QED) is 0.194. The molecule has 0 unspecified atom stereocenters. The second-order valence-electron chi connectivity index (χ2n) is 12.3. The molecule has 0 atom stereocenters. The molecule has 1 aromatic rings. The maximum absolute atomic E-state index is 15.3. The molecule has 0 heterocycles. The molecule has 3 nitrogen and oxygen atoms in total. The second-order valence-corrected chi connectivity index (χ2v) is 12.3. The number of aliphatic hydroxyl groups is 1. The summed E-state index contributed by atoms with van der Waals surface area (Å²) >= 11 is 0. The third-order valence-corrected chi connectivity index (χ3v) is 9.91. The maximum Gasteiger partial charge on any atom is 0.336 e. The number of unbranched alkanes of at least 4 members (excludes halogenated alkanes) is 2. The van der Waals surface area contributed by atoms with Gasteiger partial charge in [-0.1, -0.05) is 64.2 Å². The van der Waals surface area contributed by atoms with Gasteiger partial charge in [-0.25, -0.2) is 9.18 Å². The Morgan fingerprint density at radius 3 is 2.14 bits per heavy atom. The summed E-state index contributed by atoms with van der Waals surface area (Å²) in [6.07, 6.45) is 19.3. The predicted molar refractivity (Wildman–Crippen MR) is 148 cm³/mol. The fourth-order valence-corrected chi connectivity index (χ4v) is 7.47. The van der Waals surface area contributed by atoms with Crippen LogP contribution in [-0.4, -0.2) is 23.8 Å². The van der Waals surface area contributed by atoms with Gasteiger partial charge in [0.2, 0.25) is 0 Å². The Kier molecular flexibility index (Phi) is 10.7. The Bertz CT molecular complexity index is 872. The molecule has 0 radical (unpaired) electrons. The van der Waals surface area contributed by atoms with Gasteiger partial charge >= 0.3 is 5.97 Å². The Morgan fingerprint density at radius 1 is 0.919 bits per heavy atom. The number of rotatable bonds is 10. The van der Waals surface area contributed by atoms with Gasteiger partial charge < -0.3 is 9.84 Å². The molecule has 0 spiro atoms. The molecule has 0 aromatic heterocycles. The van der Waals surface area contributed by atoms with Gasteiger partial charge in [0.1, 0.15) is 11.9 Å². The zero-order valence-electron chi connectivity index (χ0n) is 23.1. The topological polar surface area (TPSA) is 46.5 Å². The van der Waals surface area contributed by atoms with Gasteiger partial charge in [-0.05, 0) is 111 Å². The van der Waals surface area contributed by atoms with Gasteiger partial charge in [-0.15, -0.1) is 0 Å². The first kappa shape index (κ1) is 28.3. The number of benzene rings is 1. The molecule has 37 heavy (non-hydrogen) atoms. The molecule has 1 aromatic carbocycles. The molecular weight excluding hydrogens is 463 g/mol. The summed E-state index contributed by atoms with van der Waals surface area (Å²) < 4.78 is 20.7. The van der Waals surface area contributed by atoms with Gasteiger partial charge in [0.15, 0.2) is 0 Å². The summed E-state index contributed by atoms with van der Waals surface area (Å²) in [4.78, 5) is 11.9. The van der Waals surface area contributed by atoms with Gasteiger partial charge in [0.25, 0.3) is 0 Å². The fourth-order valence-electron chi connectivity index (χ4n) is 7.47. The number of halogens is 1. The highest BCUT2D eigenvalue weighted by molar-refractivity contribution is 5.88. The number of hydrogen-bond acceptors (Lipinski definition) is 3. The molecule has 0 amide bonds. The Morgan fingerprint density at radius 2 is 1.54 bits per heavy atom. The molecule has 0 aliphatic heterocycles. The van der Waals surface area contributed by atoms with Crippen LogP contribution in [0.1, 0.15) is 133 Å². The SMILES string of the molecule is C=C(CO)C(=O)OC1CCC(c2ccc(C3CCC(C4CCC(CCCCC)CC4)CC3)c(F)c2)CC1. The molecule has 0 saturated heterocycles. The molecule has 4 heteroatoms. The van der Waals surface area contributed by atoms with Crippen LogP contribution in [0.25, 0.3) is 0 Å². The van der Waals surface area contributed by atoms with Crippen LogP contribution in [0.3, 0.4) is 0 Å². The number of hydrogen-bond donors (Lipinski definition) is 1. The zero-order chi connectivity index (χ0) is 26.2. The summed E-state index contributed by atoms with van der Waals surface area (Å²) in [5, 5.41) is 9.04. The van der Waals surface area contributed by atoms with Crippen LogP contribution in [0.4, 0.5) is 4.39 Å². The van der Waals surface area contributed by atoms with Crippen molar-refractivity contribution < 1.29 is 19.0 Å². The van der Waals surface area contributed by atoms with Crippen molar-refractivity contribution in [2.75, 3.05) is 6.61 Å². The Hall–Kier alpha value is -1.68. The zero-order valence-corrected chi connectivity index (χ0v) is 23.1. The molecule has 1 N–H and O–H groups in total. The van der Waals surface area contributed by atoms with Gasteiger partial charge in [0.05, 0.1) is 12.2 Å². The first-order valence-electron chi connectivity index (χ1n) is 15.3. The van der Waals surface area contributed by atoms with Crippen LogP contribution in [0, 0.1) is 23.6 Å². The Balaban J connectivity index is 1.22. The highest BCUT2D eigenvalue weighted by Gasteiger charge is 2.32. The summed E-state index contributed by atoms with van der Waals surface area (Å²) in [6.45, 7) is 5.45. The number of ether oxygens (including phenoxy) is 1. The van der Waals surface area contributed by atoms with Crippen LogP contribution in [0.2, 0.25) is 0 Å². The van der Waals surface area contributed by atoms with Crippen LogP contribution in [-0.2, 0) is 9.53 Å². The molecule has 3 aliphatic rings. The first-order chi connectivity index (χ1) is 18.0. The minimum Gasteiger partial charge on any atom is -0.459 e. The molecule has 4 rings (SSSR count). The third kappa shape index (κ3) is 7.68. The van der Waals surface area contributed by atoms with E-state index in [0.29, 0.717) is 11.8 Å². The van der Waals surface area contributed by atoms with E-state index in [1.807, 2.05) is 0 Å². The van der Waals surface area contributed by atoms with Gasteiger partial charge in [-0.2, -0.15) is 0 Å². The molecule has 206 valence electrons. The lowest BCUT2D eigenvalue weighted by atomic mass is 9.68. The van der Waals surface area contributed by atoms with Crippen molar-refractivity contribution in [2.24, 2.45) is 17.8 Å². The molecule has 0 bridgehead atoms. The van der Waals surface area contributed by atoms with E-state index in [0.717, 1.165) is 67.4 Å². The minimum absolute atomic E-state index is 0.0265. The van der Waals surface area contributed by atoms with Crippen molar-refractivity contribution in [3.8, 4) is 0 Å². The van der Waals surface area contributed by atoms with Crippen molar-refractivity contribution >= 4 is 5.97 Å². The van der Waals surface area contributed by atoms with E-state index in [1.165, 1.54) is 64.2 Å². The number of carbonyl (C=O) groups is 1. The second kappa shape index (κ2) is 13.9. The van der Waals surface area contributed by atoms with Crippen molar-refractivity contribution in [1.82, 2.24) is 0 Å². The van der Waals surface area contributed by atoms with E-state index in [-0.39, 0.29) is 24.1 Å². The van der Waals surface area contributed by atoms with Crippen molar-refractivity contribution in [1.29, 1.82) is 0 Å². The molecular formula is C33H49FO3. The molecule has 3 fully saturated rings. The lowest BCUT2D eigenvalue weighted by Gasteiger charge is -2.38. The average Bonchev–Trinajstić information content (AvgIpc) is 2.93. The Labute approximate surface area is 224 Å². The fraction of sp³-hybridized carbons (Fsp3) is 0.727. The summed E-state index contributed by atoms with van der Waals surface area (Å²) in [7, 11) is 0. The van der Waals surface area contributed by atoms with E-state index in [1.54, 1.807) is 6.07 Å². The summed E-state index contributed by atoms with van der Waals surface area (Å²) in [6, 6.07) is 6.00. The van der Waals surface area contributed by atoms with Crippen molar-refractivity contribution in [3.05, 3.63) is 47.3 Å². The van der Waals surface area contributed by atoms with E-state index in [9.17, 15) is 4.79 Å². The lowest BCUT2D eigenvalue weighted by molar-refractivity contribution is -0.146. The summed E-state index contributed by atoms with van der Waals surface area (Å²) in [5.41, 5.74) is 2.10. The van der Waals surface area contributed by atoms with Gasteiger partial charge in [0, 0.05) is 0 Å². The third-order valence-electron chi connectivity index (χ3n) is 9.91. The van der Waals surface area contributed by atoms with Crippen LogP contribution >= 0.6 is 0 Å². The first-order valence-corrected chi connectivity index (χ1v) is 15.3. The van der Waals surface area contributed by atoms with Crippen molar-refractivity contribution in [2.45, 2.75) is 128 Å². The smallest absolute Gasteiger partial charge is 0.336 e. The normalized spacial score (nSPS) is 30.6. The largest absolute Gasteiger partial charge is 0.459 e. The number of carbonyl (C=O) groups excluding carboxylic acids is 1. The molecule has 3 saturated carbocycles. The van der Waals surface area contributed by atoms with E-state index < -0.39 is 5.97 Å². The van der Waals surface area contributed by atoms with Gasteiger partial charge in [-0.3, -0.25) is 0 Å². The highest BCUT2D eigenvalue weighted by atomic mass is 19.1. The predicted octanol–water partition coefficient (Wildman–Crippen LogP) is 8.60. The average molecular weight is 513 g/mol. The minimum atomic E-state index is -0.508. The van der Waals surface area contributed by atoms with E-state index >= 15 is 4.39 Å². The van der Waals surface area contributed by atoms with E-state index in [4.69, 9.17) is 9.84 Å². The number of esters is 1. The highest BCUT2D eigenvalue weighted by Crippen LogP contribution is 2.45.